The fourth-order valence-electron chi connectivity index (χ4n) is 0.480. The van der Waals surface area contributed by atoms with Gasteiger partial charge in [0.15, 0.2) is 0 Å². The molecule has 1 nitrogen and oxygen atoms in total. The van der Waals surface area contributed by atoms with Crippen LogP contribution in [0.4, 0.5) is 0 Å². The maximum Gasteiger partial charge on any atom is 1.00 e. The zero-order valence-electron chi connectivity index (χ0n) is 8.52. The smallest absolute Gasteiger partial charge is 0.702 e. The molecule has 0 amide bonds. The van der Waals surface area contributed by atoms with Gasteiger partial charge in [0.2, 0.25) is 0 Å². The quantitative estimate of drug-likeness (QED) is 0.416. The minimum absolute atomic E-state index is 0. The van der Waals surface area contributed by atoms with Crippen LogP contribution in [-0.4, -0.2) is 0 Å². The number of hydrogen-bond donors (Lipinski definition) is 0. The third-order valence-electron chi connectivity index (χ3n) is 1.32. The first-order chi connectivity index (χ1) is 4.98. The van der Waals surface area contributed by atoms with Gasteiger partial charge in [0.05, 0.1) is 0 Å². The van der Waals surface area contributed by atoms with Crippen molar-refractivity contribution in [1.82, 2.24) is 0 Å². The Hall–Kier alpha value is -0.383. The van der Waals surface area contributed by atoms with Crippen LogP contribution in [0.5, 0.6) is 0 Å². The average molecular weight is 157 g/mol. The Labute approximate surface area is 87.6 Å². The summed E-state index contributed by atoms with van der Waals surface area (Å²) in [4.78, 5) is 0. The summed E-state index contributed by atoms with van der Waals surface area (Å²) >= 11 is 0. The number of rotatable bonds is 2. The van der Waals surface area contributed by atoms with Gasteiger partial charge < -0.3 is 5.73 Å². The van der Waals surface area contributed by atoms with E-state index in [1.165, 1.54) is 0 Å². The van der Waals surface area contributed by atoms with Crippen molar-refractivity contribution in [3.05, 3.63) is 42.3 Å². The molecular formula is C10H16LiN. The van der Waals surface area contributed by atoms with Crippen molar-refractivity contribution in [3.8, 4) is 0 Å². The van der Waals surface area contributed by atoms with Crippen molar-refractivity contribution in [2.75, 3.05) is 0 Å². The average Bonchev–Trinajstić information content (AvgIpc) is 1.86. The molecule has 0 aliphatic rings. The summed E-state index contributed by atoms with van der Waals surface area (Å²) in [6.45, 7) is 9.61. The normalized spacial score (nSPS) is 12.8. The molecule has 0 rings (SSSR count). The Bertz CT molecular complexity index is 185. The van der Waals surface area contributed by atoms with Crippen LogP contribution in [0.1, 0.15) is 20.8 Å². The summed E-state index contributed by atoms with van der Waals surface area (Å²) in [5.41, 5.74) is 8.16. The van der Waals surface area contributed by atoms with Gasteiger partial charge in [-0.05, 0) is 5.41 Å². The topological polar surface area (TPSA) is 23.8 Å². The minimum atomic E-state index is -0.0501. The number of nitrogens with one attached hydrogen (secondary N) is 1. The summed E-state index contributed by atoms with van der Waals surface area (Å²) in [5.74, 6) is 0. The Morgan fingerprint density at radius 3 is 2.08 bits per heavy atom. The third-order valence-corrected chi connectivity index (χ3v) is 1.32. The molecule has 0 bridgehead atoms. The predicted octanol–water partition coefficient (Wildman–Crippen LogP) is 0.715. The van der Waals surface area contributed by atoms with Crippen molar-refractivity contribution in [1.29, 1.82) is 0 Å². The van der Waals surface area contributed by atoms with Crippen molar-refractivity contribution < 1.29 is 18.9 Å². The summed E-state index contributed by atoms with van der Waals surface area (Å²) in [7, 11) is 0. The zero-order valence-corrected chi connectivity index (χ0v) is 8.52. The van der Waals surface area contributed by atoms with Gasteiger partial charge in [-0.25, -0.2) is 0 Å². The van der Waals surface area contributed by atoms with Crippen LogP contribution in [0.25, 0.3) is 5.73 Å². The van der Waals surface area contributed by atoms with E-state index >= 15 is 0 Å². The standard InChI is InChI=1S/C10H16N.Li/c1-5-6-7-8-9(11)10(2,3)4;/h5-8,11H,1H2,2-4H3;/q-1;+1/b7-6+,9-8+;. The summed E-state index contributed by atoms with van der Waals surface area (Å²) in [6, 6.07) is 0. The number of allylic oxidation sites excluding steroid dienone is 5. The van der Waals surface area contributed by atoms with Crippen molar-refractivity contribution in [3.63, 3.8) is 0 Å². The SMILES string of the molecule is C=C/C=C/C=C(/[NH-])C(C)(C)C.[Li+]. The molecule has 1 N–H and O–H groups in total. The molecule has 0 heterocycles. The maximum absolute atomic E-state index is 7.58. The summed E-state index contributed by atoms with van der Waals surface area (Å²) in [5, 5.41) is 0. The Morgan fingerprint density at radius 2 is 1.75 bits per heavy atom. The van der Waals surface area contributed by atoms with Gasteiger partial charge in [0.1, 0.15) is 0 Å². The van der Waals surface area contributed by atoms with E-state index in [0.29, 0.717) is 5.70 Å². The molecule has 0 aromatic carbocycles. The molecule has 0 aromatic rings. The molecule has 0 saturated carbocycles. The largest absolute Gasteiger partial charge is 1.00 e. The van der Waals surface area contributed by atoms with E-state index in [4.69, 9.17) is 5.73 Å². The van der Waals surface area contributed by atoms with Gasteiger partial charge in [0, 0.05) is 0 Å². The molecule has 62 valence electrons. The van der Waals surface area contributed by atoms with Crippen LogP contribution in [0.2, 0.25) is 0 Å². The second-order valence-corrected chi connectivity index (χ2v) is 3.45. The van der Waals surface area contributed by atoms with Crippen LogP contribution < -0.4 is 18.9 Å². The second kappa shape index (κ2) is 6.17. The second-order valence-electron chi connectivity index (χ2n) is 3.45. The monoisotopic (exact) mass is 157 g/mol. The van der Waals surface area contributed by atoms with Gasteiger partial charge in [-0.3, -0.25) is 0 Å². The Balaban J connectivity index is 0. The van der Waals surface area contributed by atoms with Crippen molar-refractivity contribution in [2.24, 2.45) is 5.41 Å². The molecule has 0 spiro atoms. The van der Waals surface area contributed by atoms with Crippen molar-refractivity contribution >= 4 is 0 Å². The molecule has 0 aliphatic carbocycles. The third kappa shape index (κ3) is 6.34. The van der Waals surface area contributed by atoms with Crippen LogP contribution >= 0.6 is 0 Å². The van der Waals surface area contributed by atoms with Crippen LogP contribution in [0.15, 0.2) is 36.6 Å². The van der Waals surface area contributed by atoms with E-state index in [-0.39, 0.29) is 24.3 Å². The maximum atomic E-state index is 7.58. The summed E-state index contributed by atoms with van der Waals surface area (Å²) < 4.78 is 0. The predicted molar refractivity (Wildman–Crippen MR) is 51.2 cm³/mol. The zero-order chi connectivity index (χ0) is 8.91. The van der Waals surface area contributed by atoms with E-state index in [1.807, 2.05) is 32.9 Å². The minimum Gasteiger partial charge on any atom is -0.702 e. The molecule has 2 heteroatoms. The van der Waals surface area contributed by atoms with E-state index in [2.05, 4.69) is 6.58 Å². The fraction of sp³-hybridized carbons (Fsp3) is 0.400. The van der Waals surface area contributed by atoms with Crippen LogP contribution in [-0.2, 0) is 0 Å². The fourth-order valence-corrected chi connectivity index (χ4v) is 0.480. The van der Waals surface area contributed by atoms with Crippen LogP contribution in [0, 0.1) is 5.41 Å². The van der Waals surface area contributed by atoms with Gasteiger partial charge in [0.25, 0.3) is 0 Å². The molecule has 0 saturated heterocycles. The Morgan fingerprint density at radius 1 is 1.25 bits per heavy atom. The molecule has 0 atom stereocenters. The first-order valence-corrected chi connectivity index (χ1v) is 3.70. The van der Waals surface area contributed by atoms with Crippen molar-refractivity contribution in [2.45, 2.75) is 20.8 Å². The molecule has 0 aliphatic heterocycles. The summed E-state index contributed by atoms with van der Waals surface area (Å²) in [6.07, 6.45) is 7.15. The van der Waals surface area contributed by atoms with Gasteiger partial charge in [-0.15, -0.1) is 0 Å². The molecule has 0 radical (unpaired) electrons. The molecular weight excluding hydrogens is 141 g/mol. The molecule has 12 heavy (non-hydrogen) atoms. The van der Waals surface area contributed by atoms with Gasteiger partial charge >= 0.3 is 18.9 Å². The first kappa shape index (κ1) is 14.2. The molecule has 0 unspecified atom stereocenters. The molecule has 0 fully saturated rings. The van der Waals surface area contributed by atoms with E-state index in [0.717, 1.165) is 0 Å². The molecule has 0 aromatic heterocycles. The van der Waals surface area contributed by atoms with E-state index in [1.54, 1.807) is 12.2 Å². The first-order valence-electron chi connectivity index (χ1n) is 3.70. The Kier molecular flexibility index (Phi) is 7.28. The van der Waals surface area contributed by atoms with Gasteiger partial charge in [-0.1, -0.05) is 51.7 Å². The number of hydrogen-bond acceptors (Lipinski definition) is 0. The van der Waals surface area contributed by atoms with Crippen LogP contribution in [0.3, 0.4) is 0 Å². The van der Waals surface area contributed by atoms with Gasteiger partial charge in [-0.2, -0.15) is 5.70 Å². The van der Waals surface area contributed by atoms with E-state index < -0.39 is 0 Å². The van der Waals surface area contributed by atoms with E-state index in [9.17, 15) is 0 Å².